The van der Waals surface area contributed by atoms with Crippen LogP contribution in [0.15, 0.2) is 24.3 Å². The number of hydrogen-bond donors (Lipinski definition) is 3. The van der Waals surface area contributed by atoms with Gasteiger partial charge in [0.25, 0.3) is 0 Å². The van der Waals surface area contributed by atoms with Gasteiger partial charge >= 0.3 is 6.03 Å². The van der Waals surface area contributed by atoms with Crippen molar-refractivity contribution < 1.29 is 14.7 Å². The highest BCUT2D eigenvalue weighted by Gasteiger charge is 2.54. The van der Waals surface area contributed by atoms with Crippen molar-refractivity contribution in [1.29, 1.82) is 0 Å². The van der Waals surface area contributed by atoms with Gasteiger partial charge in [-0.3, -0.25) is 20.3 Å². The Balaban J connectivity index is 1.70. The monoisotopic (exact) mass is 331 g/mol. The van der Waals surface area contributed by atoms with Gasteiger partial charge in [-0.15, -0.1) is 0 Å². The van der Waals surface area contributed by atoms with E-state index in [2.05, 4.69) is 27.4 Å². The number of hydrogen-bond acceptors (Lipinski definition) is 6. The molecule has 0 aromatic heterocycles. The number of carbonyl (C=O) groups is 2. The molecule has 4 unspecified atom stereocenters. The lowest BCUT2D eigenvalue weighted by atomic mass is 10.0. The molecule has 3 N–H and O–H groups in total. The van der Waals surface area contributed by atoms with E-state index in [1.807, 2.05) is 6.07 Å². The van der Waals surface area contributed by atoms with Gasteiger partial charge in [0.15, 0.2) is 0 Å². The third-order valence-electron chi connectivity index (χ3n) is 5.01. The average Bonchev–Trinajstić information content (AvgIpc) is 2.91. The van der Waals surface area contributed by atoms with Crippen LogP contribution in [-0.2, 0) is 4.79 Å². The average molecular weight is 331 g/mol. The maximum absolute atomic E-state index is 12.4. The van der Waals surface area contributed by atoms with E-state index in [-0.39, 0.29) is 30.1 Å². The number of nitrogens with one attached hydrogen (secondary N) is 2. The molecule has 3 heterocycles. The summed E-state index contributed by atoms with van der Waals surface area (Å²) in [5, 5.41) is 15.6. The van der Waals surface area contributed by atoms with Crippen molar-refractivity contribution in [2.75, 3.05) is 25.0 Å². The van der Waals surface area contributed by atoms with Crippen molar-refractivity contribution in [3.63, 3.8) is 0 Å². The number of phenolic OH excluding ortho intramolecular Hbond substituents is 1. The Bertz CT molecular complexity index is 696. The molecule has 4 rings (SSSR count). The van der Waals surface area contributed by atoms with Crippen LogP contribution in [0.5, 0.6) is 5.75 Å². The van der Waals surface area contributed by atoms with Gasteiger partial charge in [-0.1, -0.05) is 13.0 Å². The second kappa shape index (κ2) is 5.35. The molecule has 1 aromatic rings. The quantitative estimate of drug-likeness (QED) is 0.667. The first kappa shape index (κ1) is 15.2. The molecule has 128 valence electrons. The van der Waals surface area contributed by atoms with Crippen molar-refractivity contribution in [3.05, 3.63) is 24.3 Å². The molecule has 3 amide bonds. The third-order valence-corrected chi connectivity index (χ3v) is 5.01. The SMILES string of the molecule is CC1CN(c2cccc(O)c2)C2NC3C(C(=O)NC(=O)N3C)N2C1. The topological polar surface area (TPSA) is 88.1 Å². The normalized spacial score (nSPS) is 33.2. The van der Waals surface area contributed by atoms with E-state index in [0.29, 0.717) is 5.92 Å². The van der Waals surface area contributed by atoms with Crippen molar-refractivity contribution in [1.82, 2.24) is 20.4 Å². The Labute approximate surface area is 140 Å². The van der Waals surface area contributed by atoms with Gasteiger partial charge in [0, 0.05) is 31.9 Å². The first-order chi connectivity index (χ1) is 11.5. The molecule has 3 aliphatic rings. The van der Waals surface area contributed by atoms with Crippen molar-refractivity contribution in [2.45, 2.75) is 25.4 Å². The number of anilines is 1. The molecule has 1 aromatic carbocycles. The second-order valence-corrected chi connectivity index (χ2v) is 6.81. The van der Waals surface area contributed by atoms with Gasteiger partial charge in [-0.05, 0) is 18.1 Å². The standard InChI is InChI=1S/C16H21N5O3/c1-9-7-20(10-4-3-5-11(22)6-10)15-17-13-12(21(15)8-9)14(23)18-16(24)19(13)2/h3-6,9,12-13,15,17,22H,7-8H2,1-2H3,(H,18,23,24). The first-order valence-electron chi connectivity index (χ1n) is 8.11. The molecular weight excluding hydrogens is 310 g/mol. The molecule has 0 aliphatic carbocycles. The van der Waals surface area contributed by atoms with E-state index in [1.54, 1.807) is 25.2 Å². The number of aromatic hydroxyl groups is 1. The molecule has 3 aliphatic heterocycles. The summed E-state index contributed by atoms with van der Waals surface area (Å²) < 4.78 is 0. The summed E-state index contributed by atoms with van der Waals surface area (Å²) in [5.41, 5.74) is 0.886. The molecule has 8 heteroatoms. The van der Waals surface area contributed by atoms with Gasteiger partial charge in [-0.25, -0.2) is 4.79 Å². The Morgan fingerprint density at radius 2 is 2.04 bits per heavy atom. The first-order valence-corrected chi connectivity index (χ1v) is 8.11. The number of likely N-dealkylation sites (N-methyl/N-ethyl adjacent to an activating group) is 1. The Morgan fingerprint density at radius 3 is 2.79 bits per heavy atom. The predicted molar refractivity (Wildman–Crippen MR) is 87.1 cm³/mol. The van der Waals surface area contributed by atoms with Gasteiger partial charge in [0.2, 0.25) is 5.91 Å². The lowest BCUT2D eigenvalue weighted by molar-refractivity contribution is -0.128. The zero-order chi connectivity index (χ0) is 17.0. The zero-order valence-corrected chi connectivity index (χ0v) is 13.6. The van der Waals surface area contributed by atoms with E-state index < -0.39 is 6.04 Å². The third kappa shape index (κ3) is 2.22. The minimum Gasteiger partial charge on any atom is -0.508 e. The fourth-order valence-electron chi connectivity index (χ4n) is 3.94. The summed E-state index contributed by atoms with van der Waals surface area (Å²) in [7, 11) is 1.69. The van der Waals surface area contributed by atoms with Crippen LogP contribution in [-0.4, -0.2) is 65.5 Å². The lowest BCUT2D eigenvalue weighted by Crippen LogP contribution is -2.65. The summed E-state index contributed by atoms with van der Waals surface area (Å²) in [4.78, 5) is 30.1. The van der Waals surface area contributed by atoms with E-state index in [4.69, 9.17) is 0 Å². The van der Waals surface area contributed by atoms with Gasteiger partial charge in [-0.2, -0.15) is 0 Å². The fraction of sp³-hybridized carbons (Fsp3) is 0.500. The van der Waals surface area contributed by atoms with Gasteiger partial charge in [0.1, 0.15) is 24.2 Å². The molecule has 24 heavy (non-hydrogen) atoms. The van der Waals surface area contributed by atoms with Crippen LogP contribution >= 0.6 is 0 Å². The number of fused-ring (bicyclic) bond motifs is 3. The molecule has 0 saturated carbocycles. The highest BCUT2D eigenvalue weighted by atomic mass is 16.3. The fourth-order valence-corrected chi connectivity index (χ4v) is 3.94. The molecule has 0 bridgehead atoms. The summed E-state index contributed by atoms with van der Waals surface area (Å²) in [5.74, 6) is 0.292. The molecule has 4 atom stereocenters. The van der Waals surface area contributed by atoms with Crippen LogP contribution in [0.2, 0.25) is 0 Å². The maximum atomic E-state index is 12.4. The van der Waals surface area contributed by atoms with E-state index in [9.17, 15) is 14.7 Å². The van der Waals surface area contributed by atoms with Crippen molar-refractivity contribution in [2.24, 2.45) is 5.92 Å². The molecule has 0 radical (unpaired) electrons. The van der Waals surface area contributed by atoms with Crippen LogP contribution in [0, 0.1) is 5.92 Å². The Hall–Kier alpha value is -2.32. The predicted octanol–water partition coefficient (Wildman–Crippen LogP) is -0.0866. The lowest BCUT2D eigenvalue weighted by Gasteiger charge is -2.45. The number of phenols is 1. The van der Waals surface area contributed by atoms with Crippen LogP contribution in [0.25, 0.3) is 0 Å². The zero-order valence-electron chi connectivity index (χ0n) is 13.6. The van der Waals surface area contributed by atoms with Crippen LogP contribution in [0.4, 0.5) is 10.5 Å². The van der Waals surface area contributed by atoms with Crippen molar-refractivity contribution >= 4 is 17.6 Å². The summed E-state index contributed by atoms with van der Waals surface area (Å²) in [6, 6.07) is 6.30. The maximum Gasteiger partial charge on any atom is 0.325 e. The minimum atomic E-state index is -0.416. The van der Waals surface area contributed by atoms with Crippen LogP contribution in [0.1, 0.15) is 6.92 Å². The van der Waals surface area contributed by atoms with Crippen LogP contribution in [0.3, 0.4) is 0 Å². The summed E-state index contributed by atoms with van der Waals surface area (Å²) in [6.07, 6.45) is -0.557. The highest BCUT2D eigenvalue weighted by Crippen LogP contribution is 2.33. The molecule has 0 spiro atoms. The number of urea groups is 1. The second-order valence-electron chi connectivity index (χ2n) is 6.81. The summed E-state index contributed by atoms with van der Waals surface area (Å²) >= 11 is 0. The number of amides is 3. The van der Waals surface area contributed by atoms with Crippen molar-refractivity contribution in [3.8, 4) is 5.75 Å². The largest absolute Gasteiger partial charge is 0.508 e. The summed E-state index contributed by atoms with van der Waals surface area (Å²) in [6.45, 7) is 3.70. The molecule has 8 nitrogen and oxygen atoms in total. The van der Waals surface area contributed by atoms with E-state index >= 15 is 0 Å². The number of rotatable bonds is 1. The van der Waals surface area contributed by atoms with Crippen LogP contribution < -0.4 is 15.5 Å². The van der Waals surface area contributed by atoms with E-state index in [0.717, 1.165) is 18.8 Å². The Kier molecular flexibility index (Phi) is 3.40. The number of nitrogens with zero attached hydrogens (tertiary/aromatic N) is 3. The highest BCUT2D eigenvalue weighted by molar-refractivity contribution is 6.00. The Morgan fingerprint density at radius 1 is 1.25 bits per heavy atom. The number of imide groups is 1. The van der Waals surface area contributed by atoms with Gasteiger partial charge in [0.05, 0.1) is 0 Å². The van der Waals surface area contributed by atoms with E-state index in [1.165, 1.54) is 4.90 Å². The number of benzene rings is 1. The van der Waals surface area contributed by atoms with Gasteiger partial charge < -0.3 is 14.9 Å². The molecule has 3 saturated heterocycles. The smallest absolute Gasteiger partial charge is 0.325 e. The minimum absolute atomic E-state index is 0.197. The number of carbonyl (C=O) groups excluding carboxylic acids is 2. The molecular formula is C16H21N5O3. The molecule has 3 fully saturated rings.